The van der Waals surface area contributed by atoms with Crippen LogP contribution in [0.4, 0.5) is 18.9 Å². The minimum absolute atomic E-state index is 0.0480. The Morgan fingerprint density at radius 2 is 1.88 bits per heavy atom. The fourth-order valence-corrected chi connectivity index (χ4v) is 2.47. The van der Waals surface area contributed by atoms with Crippen LogP contribution in [0.25, 0.3) is 0 Å². The van der Waals surface area contributed by atoms with Crippen molar-refractivity contribution in [2.45, 2.75) is 12.3 Å². The maximum atomic E-state index is 12.6. The summed E-state index contributed by atoms with van der Waals surface area (Å²) in [7, 11) is 0. The zero-order chi connectivity index (χ0) is 18.9. The molecule has 3 rings (SSSR count). The van der Waals surface area contributed by atoms with Crippen molar-refractivity contribution in [3.05, 3.63) is 63.8 Å². The second kappa shape index (κ2) is 6.62. The van der Waals surface area contributed by atoms with Gasteiger partial charge in [-0.2, -0.15) is 13.2 Å². The van der Waals surface area contributed by atoms with Gasteiger partial charge in [0.15, 0.2) is 0 Å². The number of carbonyl (C=O) groups is 1. The number of nitro benzene ring substituents is 1. The van der Waals surface area contributed by atoms with Gasteiger partial charge in [-0.3, -0.25) is 14.9 Å². The number of nitrogens with zero attached hydrogens (tertiary/aromatic N) is 3. The average molecular weight is 367 g/mol. The molecule has 1 amide bonds. The molecule has 1 aliphatic rings. The molecule has 1 aromatic heterocycles. The average Bonchev–Trinajstić information content (AvgIpc) is 2.56. The van der Waals surface area contributed by atoms with Gasteiger partial charge in [-0.05, 0) is 12.1 Å². The summed E-state index contributed by atoms with van der Waals surface area (Å²) >= 11 is 0. The monoisotopic (exact) mass is 367 g/mol. The number of hydrogen-bond acceptors (Lipinski definition) is 5. The molecule has 0 bridgehead atoms. The summed E-state index contributed by atoms with van der Waals surface area (Å²) in [6.07, 6.45) is -5.11. The van der Waals surface area contributed by atoms with Crippen LogP contribution in [0, 0.1) is 10.1 Å². The first kappa shape index (κ1) is 17.6. The number of likely N-dealkylation sites (tertiary alicyclic amines) is 1. The summed E-state index contributed by atoms with van der Waals surface area (Å²) in [6.45, 7) is 0.200. The van der Waals surface area contributed by atoms with E-state index < -0.39 is 28.8 Å². The van der Waals surface area contributed by atoms with Crippen molar-refractivity contribution in [1.82, 2.24) is 9.88 Å². The van der Waals surface area contributed by atoms with E-state index >= 15 is 0 Å². The largest absolute Gasteiger partial charge is 0.471 e. The number of hydrogen-bond donors (Lipinski definition) is 0. The maximum absolute atomic E-state index is 12.6. The Kier molecular flexibility index (Phi) is 4.49. The van der Waals surface area contributed by atoms with Crippen LogP contribution < -0.4 is 4.74 Å². The standard InChI is InChI=1S/C16H12F3N3O4/c17-16(18,19)13-6-3-7-14(20-13)26-10-8-21(9-10)15(23)11-4-1-2-5-12(11)22(24)25/h1-7,10H,8-9H2. The van der Waals surface area contributed by atoms with Gasteiger partial charge in [-0.15, -0.1) is 0 Å². The van der Waals surface area contributed by atoms with E-state index in [1.54, 1.807) is 0 Å². The number of aromatic nitrogens is 1. The van der Waals surface area contributed by atoms with Gasteiger partial charge in [0.25, 0.3) is 11.6 Å². The Balaban J connectivity index is 1.63. The first-order valence-corrected chi connectivity index (χ1v) is 7.49. The number of alkyl halides is 3. The molecule has 1 aliphatic heterocycles. The summed E-state index contributed by atoms with van der Waals surface area (Å²) in [5, 5.41) is 11.0. The topological polar surface area (TPSA) is 85.6 Å². The lowest BCUT2D eigenvalue weighted by Crippen LogP contribution is -2.56. The molecular formula is C16H12F3N3O4. The van der Waals surface area contributed by atoms with Crippen molar-refractivity contribution in [3.63, 3.8) is 0 Å². The highest BCUT2D eigenvalue weighted by molar-refractivity contribution is 5.98. The van der Waals surface area contributed by atoms with Crippen LogP contribution in [0.5, 0.6) is 5.88 Å². The molecule has 1 saturated heterocycles. The number of rotatable bonds is 4. The Hall–Kier alpha value is -3.17. The molecule has 26 heavy (non-hydrogen) atoms. The quantitative estimate of drug-likeness (QED) is 0.613. The Bertz CT molecular complexity index is 851. The predicted octanol–water partition coefficient (Wildman–Crippen LogP) is 2.91. The van der Waals surface area contributed by atoms with E-state index in [0.717, 1.165) is 6.07 Å². The van der Waals surface area contributed by atoms with Crippen LogP contribution in [0.1, 0.15) is 16.1 Å². The number of para-hydroxylation sites is 1. The van der Waals surface area contributed by atoms with Crippen molar-refractivity contribution in [1.29, 1.82) is 0 Å². The van der Waals surface area contributed by atoms with Gasteiger partial charge in [-0.1, -0.05) is 18.2 Å². The number of halogens is 3. The molecule has 1 aromatic carbocycles. The van der Waals surface area contributed by atoms with Gasteiger partial charge in [0.2, 0.25) is 5.88 Å². The molecule has 0 aliphatic carbocycles. The number of pyridine rings is 1. The Morgan fingerprint density at radius 3 is 2.54 bits per heavy atom. The van der Waals surface area contributed by atoms with Crippen LogP contribution >= 0.6 is 0 Å². The molecule has 0 spiro atoms. The third-order valence-corrected chi connectivity index (χ3v) is 3.77. The smallest absolute Gasteiger partial charge is 0.433 e. The van der Waals surface area contributed by atoms with E-state index in [0.29, 0.717) is 0 Å². The minimum atomic E-state index is -4.58. The van der Waals surface area contributed by atoms with Crippen LogP contribution in [0.2, 0.25) is 0 Å². The van der Waals surface area contributed by atoms with Gasteiger partial charge in [0, 0.05) is 12.1 Å². The summed E-state index contributed by atoms with van der Waals surface area (Å²) in [6, 6.07) is 8.85. The Labute approximate surface area is 145 Å². The predicted molar refractivity (Wildman–Crippen MR) is 82.7 cm³/mol. The Morgan fingerprint density at radius 1 is 1.19 bits per heavy atom. The van der Waals surface area contributed by atoms with Crippen molar-refractivity contribution in [3.8, 4) is 5.88 Å². The number of amides is 1. The zero-order valence-electron chi connectivity index (χ0n) is 13.1. The van der Waals surface area contributed by atoms with Crippen molar-refractivity contribution in [2.24, 2.45) is 0 Å². The zero-order valence-corrected chi connectivity index (χ0v) is 13.1. The number of carbonyl (C=O) groups excluding carboxylic acids is 1. The maximum Gasteiger partial charge on any atom is 0.433 e. The summed E-state index contributed by atoms with van der Waals surface area (Å²) in [5.41, 5.74) is -1.42. The summed E-state index contributed by atoms with van der Waals surface area (Å²) < 4.78 is 43.2. The van der Waals surface area contributed by atoms with Crippen molar-refractivity contribution < 1.29 is 27.6 Å². The molecule has 1 fully saturated rings. The van der Waals surface area contributed by atoms with E-state index in [9.17, 15) is 28.1 Å². The molecule has 0 atom stereocenters. The molecule has 10 heteroatoms. The van der Waals surface area contributed by atoms with Crippen LogP contribution in [-0.2, 0) is 6.18 Å². The number of ether oxygens (including phenoxy) is 1. The molecule has 0 saturated carbocycles. The molecule has 2 heterocycles. The first-order valence-electron chi connectivity index (χ1n) is 7.49. The molecule has 0 unspecified atom stereocenters. The van der Waals surface area contributed by atoms with Gasteiger partial charge in [0.1, 0.15) is 17.4 Å². The highest BCUT2D eigenvalue weighted by Gasteiger charge is 2.36. The molecule has 0 radical (unpaired) electrons. The van der Waals surface area contributed by atoms with Crippen LogP contribution in [0.15, 0.2) is 42.5 Å². The van der Waals surface area contributed by atoms with Crippen molar-refractivity contribution in [2.75, 3.05) is 13.1 Å². The van der Waals surface area contributed by atoms with E-state index in [1.807, 2.05) is 0 Å². The van der Waals surface area contributed by atoms with Crippen molar-refractivity contribution >= 4 is 11.6 Å². The normalized spacial score (nSPS) is 14.7. The lowest BCUT2D eigenvalue weighted by molar-refractivity contribution is -0.385. The van der Waals surface area contributed by atoms with Gasteiger partial charge < -0.3 is 9.64 Å². The van der Waals surface area contributed by atoms with Gasteiger partial charge in [0.05, 0.1) is 18.0 Å². The number of nitro groups is 1. The van der Waals surface area contributed by atoms with E-state index in [2.05, 4.69) is 4.98 Å². The van der Waals surface area contributed by atoms with E-state index in [4.69, 9.17) is 4.74 Å². The molecular weight excluding hydrogens is 355 g/mol. The molecule has 0 N–H and O–H groups in total. The fourth-order valence-electron chi connectivity index (χ4n) is 2.47. The van der Waals surface area contributed by atoms with Gasteiger partial charge in [-0.25, -0.2) is 4.98 Å². The van der Waals surface area contributed by atoms with Crippen LogP contribution in [-0.4, -0.2) is 39.9 Å². The fraction of sp³-hybridized carbons (Fsp3) is 0.250. The summed E-state index contributed by atoms with van der Waals surface area (Å²) in [5.74, 6) is -0.725. The van der Waals surface area contributed by atoms with Crippen LogP contribution in [0.3, 0.4) is 0 Å². The highest BCUT2D eigenvalue weighted by atomic mass is 19.4. The SMILES string of the molecule is O=C(c1ccccc1[N+](=O)[O-])N1CC(Oc2cccc(C(F)(F)F)n2)C1. The molecule has 7 nitrogen and oxygen atoms in total. The van der Waals surface area contributed by atoms with E-state index in [-0.39, 0.29) is 30.2 Å². The first-order chi connectivity index (χ1) is 12.3. The van der Waals surface area contributed by atoms with E-state index in [1.165, 1.54) is 41.3 Å². The van der Waals surface area contributed by atoms with Gasteiger partial charge >= 0.3 is 6.18 Å². The third-order valence-electron chi connectivity index (χ3n) is 3.77. The molecule has 2 aromatic rings. The lowest BCUT2D eigenvalue weighted by atomic mass is 10.1. The third kappa shape index (κ3) is 3.58. The number of benzene rings is 1. The highest BCUT2D eigenvalue weighted by Crippen LogP contribution is 2.29. The molecule has 136 valence electrons. The second-order valence-corrected chi connectivity index (χ2v) is 5.58. The second-order valence-electron chi connectivity index (χ2n) is 5.58. The lowest BCUT2D eigenvalue weighted by Gasteiger charge is -2.38. The summed E-state index contributed by atoms with van der Waals surface area (Å²) in [4.78, 5) is 27.4. The minimum Gasteiger partial charge on any atom is -0.471 e.